The predicted molar refractivity (Wildman–Crippen MR) is 80.7 cm³/mol. The molecule has 2 N–H and O–H groups in total. The number of nitrogens with zero attached hydrogens (tertiary/aromatic N) is 2. The number of aromatic nitrogens is 2. The van der Waals surface area contributed by atoms with E-state index in [2.05, 4.69) is 35.6 Å². The molecule has 3 unspecified atom stereocenters. The number of rotatable bonds is 2. The Kier molecular flexibility index (Phi) is 3.42. The molecule has 0 spiro atoms. The number of fused-ring (bicyclic) bond motifs is 1. The molecule has 1 aromatic carbocycles. The van der Waals surface area contributed by atoms with Gasteiger partial charge in [0.2, 0.25) is 0 Å². The normalized spacial score (nSPS) is 25.9. The number of benzene rings is 1. The number of nitrogens with one attached hydrogen (secondary N) is 1. The van der Waals surface area contributed by atoms with Crippen molar-refractivity contribution in [1.82, 2.24) is 14.9 Å². The third-order valence-corrected chi connectivity index (χ3v) is 4.32. The summed E-state index contributed by atoms with van der Waals surface area (Å²) in [7, 11) is 0. The van der Waals surface area contributed by atoms with Gasteiger partial charge in [-0.1, -0.05) is 13.8 Å². The second-order valence-corrected chi connectivity index (χ2v) is 6.40. The number of hydrogen-bond acceptors (Lipinski definition) is 3. The van der Waals surface area contributed by atoms with Crippen LogP contribution in [0.3, 0.4) is 0 Å². The van der Waals surface area contributed by atoms with Crippen LogP contribution in [0.4, 0.5) is 0 Å². The molecule has 2 aromatic rings. The van der Waals surface area contributed by atoms with Crippen LogP contribution in [0, 0.1) is 11.8 Å². The summed E-state index contributed by atoms with van der Waals surface area (Å²) < 4.78 is 0. The second-order valence-electron chi connectivity index (χ2n) is 6.40. The molecular weight excluding hydrogens is 250 g/mol. The van der Waals surface area contributed by atoms with E-state index in [9.17, 15) is 5.11 Å². The zero-order chi connectivity index (χ0) is 14.3. The van der Waals surface area contributed by atoms with Crippen LogP contribution in [0.5, 0.6) is 5.75 Å². The maximum absolute atomic E-state index is 9.54. The van der Waals surface area contributed by atoms with Gasteiger partial charge < -0.3 is 10.1 Å². The van der Waals surface area contributed by atoms with E-state index in [1.807, 2.05) is 6.07 Å². The van der Waals surface area contributed by atoms with Crippen LogP contribution < -0.4 is 0 Å². The lowest BCUT2D eigenvalue weighted by atomic mass is 9.91. The van der Waals surface area contributed by atoms with Gasteiger partial charge in [0.25, 0.3) is 0 Å². The zero-order valence-corrected chi connectivity index (χ0v) is 12.4. The minimum atomic E-state index is 0.278. The van der Waals surface area contributed by atoms with E-state index < -0.39 is 0 Å². The lowest BCUT2D eigenvalue weighted by Gasteiger charge is -2.38. The zero-order valence-electron chi connectivity index (χ0n) is 12.4. The van der Waals surface area contributed by atoms with Crippen LogP contribution in [0.2, 0.25) is 0 Å². The van der Waals surface area contributed by atoms with Crippen LogP contribution in [-0.2, 0) is 0 Å². The van der Waals surface area contributed by atoms with Gasteiger partial charge in [-0.3, -0.25) is 4.90 Å². The van der Waals surface area contributed by atoms with Crippen molar-refractivity contribution >= 4 is 11.0 Å². The summed E-state index contributed by atoms with van der Waals surface area (Å²) in [5.41, 5.74) is 1.83. The van der Waals surface area contributed by atoms with E-state index in [-0.39, 0.29) is 11.8 Å². The number of aromatic amines is 1. The Balaban J connectivity index is 1.86. The minimum absolute atomic E-state index is 0.278. The van der Waals surface area contributed by atoms with Gasteiger partial charge in [-0.15, -0.1) is 0 Å². The highest BCUT2D eigenvalue weighted by atomic mass is 16.3. The first kappa shape index (κ1) is 13.4. The summed E-state index contributed by atoms with van der Waals surface area (Å²) >= 11 is 0. The summed E-state index contributed by atoms with van der Waals surface area (Å²) in [5, 5.41) is 9.54. The van der Waals surface area contributed by atoms with E-state index in [4.69, 9.17) is 0 Å². The van der Waals surface area contributed by atoms with Crippen molar-refractivity contribution in [3.05, 3.63) is 24.0 Å². The molecule has 2 heterocycles. The van der Waals surface area contributed by atoms with Crippen molar-refractivity contribution in [3.63, 3.8) is 0 Å². The molecule has 108 valence electrons. The van der Waals surface area contributed by atoms with Crippen molar-refractivity contribution in [2.75, 3.05) is 13.1 Å². The first-order valence-corrected chi connectivity index (χ1v) is 7.45. The Hall–Kier alpha value is -1.55. The number of phenolic OH excluding ortho intramolecular Hbond substituents is 1. The fourth-order valence-electron chi connectivity index (χ4n) is 3.42. The third-order valence-electron chi connectivity index (χ3n) is 4.32. The summed E-state index contributed by atoms with van der Waals surface area (Å²) in [4.78, 5) is 10.5. The lowest BCUT2D eigenvalue weighted by molar-refractivity contribution is 0.0997. The topological polar surface area (TPSA) is 52.1 Å². The van der Waals surface area contributed by atoms with Crippen LogP contribution in [0.25, 0.3) is 11.0 Å². The van der Waals surface area contributed by atoms with Gasteiger partial charge in [0.05, 0.1) is 17.1 Å². The SMILES string of the molecule is CC1CC(C)CN(C(C)c2nc3ccc(O)cc3[nH]2)C1. The highest BCUT2D eigenvalue weighted by Crippen LogP contribution is 2.29. The average Bonchev–Trinajstić information content (AvgIpc) is 2.79. The molecule has 1 aliphatic heterocycles. The molecule has 4 heteroatoms. The molecule has 0 aliphatic carbocycles. The van der Waals surface area contributed by atoms with Gasteiger partial charge in [-0.2, -0.15) is 0 Å². The maximum Gasteiger partial charge on any atom is 0.124 e. The maximum atomic E-state index is 9.54. The largest absolute Gasteiger partial charge is 0.508 e. The highest BCUT2D eigenvalue weighted by molar-refractivity contribution is 5.76. The summed E-state index contributed by atoms with van der Waals surface area (Å²) in [5.74, 6) is 2.76. The molecule has 0 amide bonds. The number of aromatic hydroxyl groups is 1. The predicted octanol–water partition coefficient (Wildman–Crippen LogP) is 3.31. The minimum Gasteiger partial charge on any atom is -0.508 e. The van der Waals surface area contributed by atoms with E-state index in [0.29, 0.717) is 0 Å². The molecule has 20 heavy (non-hydrogen) atoms. The first-order valence-electron chi connectivity index (χ1n) is 7.45. The molecule has 1 fully saturated rings. The van der Waals surface area contributed by atoms with Gasteiger partial charge in [0.15, 0.2) is 0 Å². The molecule has 1 aromatic heterocycles. The van der Waals surface area contributed by atoms with Gasteiger partial charge in [-0.05, 0) is 37.3 Å². The van der Waals surface area contributed by atoms with E-state index >= 15 is 0 Å². The van der Waals surface area contributed by atoms with Crippen molar-refractivity contribution in [1.29, 1.82) is 0 Å². The van der Waals surface area contributed by atoms with Crippen molar-refractivity contribution in [2.24, 2.45) is 11.8 Å². The molecule has 3 rings (SSSR count). The number of imidazole rings is 1. The molecular formula is C16H23N3O. The quantitative estimate of drug-likeness (QED) is 0.882. The van der Waals surface area contributed by atoms with Crippen molar-refractivity contribution < 1.29 is 5.11 Å². The van der Waals surface area contributed by atoms with Gasteiger partial charge in [0, 0.05) is 19.2 Å². The lowest BCUT2D eigenvalue weighted by Crippen LogP contribution is -2.40. The van der Waals surface area contributed by atoms with Crippen molar-refractivity contribution in [3.8, 4) is 5.75 Å². The van der Waals surface area contributed by atoms with Crippen molar-refractivity contribution in [2.45, 2.75) is 33.2 Å². The Morgan fingerprint density at radius 1 is 1.30 bits per heavy atom. The average molecular weight is 273 g/mol. The van der Waals surface area contributed by atoms with Gasteiger partial charge in [-0.25, -0.2) is 4.98 Å². The number of phenols is 1. The fourth-order valence-corrected chi connectivity index (χ4v) is 3.42. The highest BCUT2D eigenvalue weighted by Gasteiger charge is 2.27. The standard InChI is InChI=1S/C16H23N3O/c1-10-6-11(2)9-19(8-10)12(3)16-17-14-5-4-13(20)7-15(14)18-16/h4-5,7,10-12,20H,6,8-9H2,1-3H3,(H,17,18). The first-order chi connectivity index (χ1) is 9.52. The number of hydrogen-bond donors (Lipinski definition) is 2. The Labute approximate surface area is 119 Å². The van der Waals surface area contributed by atoms with Gasteiger partial charge in [0.1, 0.15) is 11.6 Å². The van der Waals surface area contributed by atoms with Crippen LogP contribution in [-0.4, -0.2) is 33.1 Å². The van der Waals surface area contributed by atoms with Crippen LogP contribution >= 0.6 is 0 Å². The van der Waals surface area contributed by atoms with Gasteiger partial charge >= 0.3 is 0 Å². The summed E-state index contributed by atoms with van der Waals surface area (Å²) in [6, 6.07) is 5.57. The molecule has 4 nitrogen and oxygen atoms in total. The Morgan fingerprint density at radius 2 is 2.00 bits per heavy atom. The molecule has 0 bridgehead atoms. The summed E-state index contributed by atoms with van der Waals surface area (Å²) in [6.07, 6.45) is 1.32. The molecule has 3 atom stereocenters. The number of piperidine rings is 1. The second kappa shape index (κ2) is 5.09. The number of likely N-dealkylation sites (tertiary alicyclic amines) is 1. The molecule has 0 saturated carbocycles. The van der Waals surface area contributed by atoms with E-state index in [1.165, 1.54) is 6.42 Å². The summed E-state index contributed by atoms with van der Waals surface area (Å²) in [6.45, 7) is 9.13. The molecule has 0 radical (unpaired) electrons. The van der Waals surface area contributed by atoms with E-state index in [0.717, 1.165) is 41.8 Å². The smallest absolute Gasteiger partial charge is 0.124 e. The Morgan fingerprint density at radius 3 is 2.70 bits per heavy atom. The van der Waals surface area contributed by atoms with Crippen LogP contribution in [0.1, 0.15) is 39.1 Å². The van der Waals surface area contributed by atoms with E-state index in [1.54, 1.807) is 12.1 Å². The number of H-pyrrole nitrogens is 1. The third kappa shape index (κ3) is 2.52. The fraction of sp³-hybridized carbons (Fsp3) is 0.562. The monoisotopic (exact) mass is 273 g/mol. The Bertz CT molecular complexity index is 597. The molecule has 1 aliphatic rings. The molecule has 1 saturated heterocycles. The van der Waals surface area contributed by atoms with Crippen LogP contribution in [0.15, 0.2) is 18.2 Å².